The summed E-state index contributed by atoms with van der Waals surface area (Å²) < 4.78 is 1.96. The van der Waals surface area contributed by atoms with Gasteiger partial charge in [0.25, 0.3) is 0 Å². The lowest BCUT2D eigenvalue weighted by Crippen LogP contribution is -2.34. The van der Waals surface area contributed by atoms with Gasteiger partial charge in [-0.1, -0.05) is 61.5 Å². The van der Waals surface area contributed by atoms with Crippen molar-refractivity contribution in [2.75, 3.05) is 0 Å². The summed E-state index contributed by atoms with van der Waals surface area (Å²) in [5.74, 6) is 0.835. The number of thioether (sulfide) groups is 1. The summed E-state index contributed by atoms with van der Waals surface area (Å²) >= 11 is 1.42. The Kier molecular flexibility index (Phi) is 7.25. The Morgan fingerprint density at radius 2 is 2.08 bits per heavy atom. The van der Waals surface area contributed by atoms with Crippen molar-refractivity contribution in [3.8, 4) is 0 Å². The van der Waals surface area contributed by atoms with Gasteiger partial charge in [0.1, 0.15) is 5.82 Å². The molecule has 0 spiro atoms. The quantitative estimate of drug-likeness (QED) is 0.545. The van der Waals surface area contributed by atoms with Crippen LogP contribution in [0.5, 0.6) is 0 Å². The molecule has 0 bridgehead atoms. The Bertz CT molecular complexity index is 699. The summed E-state index contributed by atoms with van der Waals surface area (Å²) in [5, 5.41) is 11.9. The highest BCUT2D eigenvalue weighted by atomic mass is 32.2. The molecule has 0 aliphatic rings. The molecule has 2 aromatic rings. The normalized spacial score (nSPS) is 13.2. The van der Waals surface area contributed by atoms with Crippen molar-refractivity contribution >= 4 is 17.7 Å². The minimum atomic E-state index is -0.254. The summed E-state index contributed by atoms with van der Waals surface area (Å²) in [7, 11) is 0. The van der Waals surface area contributed by atoms with Gasteiger partial charge in [0.05, 0.1) is 11.3 Å². The SMILES string of the molecule is C=CCn1c(C)nnc1S[C@H](C)C(=O)N[C@H](CCC)c1ccccc1. The molecule has 1 aromatic heterocycles. The molecule has 0 saturated heterocycles. The molecule has 1 heterocycles. The Morgan fingerprint density at radius 1 is 1.36 bits per heavy atom. The maximum Gasteiger partial charge on any atom is 0.233 e. The topological polar surface area (TPSA) is 59.8 Å². The minimum Gasteiger partial charge on any atom is -0.348 e. The van der Waals surface area contributed by atoms with E-state index in [9.17, 15) is 4.79 Å². The third kappa shape index (κ3) is 5.19. The van der Waals surface area contributed by atoms with Crippen LogP contribution in [-0.4, -0.2) is 25.9 Å². The molecule has 5 nitrogen and oxygen atoms in total. The lowest BCUT2D eigenvalue weighted by molar-refractivity contribution is -0.121. The molecular weight excluding hydrogens is 332 g/mol. The Labute approximate surface area is 153 Å². The van der Waals surface area contributed by atoms with Gasteiger partial charge in [-0.15, -0.1) is 16.8 Å². The van der Waals surface area contributed by atoms with Crippen LogP contribution in [0.25, 0.3) is 0 Å². The second-order valence-electron chi connectivity index (χ2n) is 5.95. The number of rotatable bonds is 9. The lowest BCUT2D eigenvalue weighted by Gasteiger charge is -2.21. The van der Waals surface area contributed by atoms with Gasteiger partial charge < -0.3 is 9.88 Å². The molecular formula is C19H26N4OS. The summed E-state index contributed by atoms with van der Waals surface area (Å²) in [5.41, 5.74) is 1.14. The van der Waals surface area contributed by atoms with E-state index in [0.717, 1.165) is 29.4 Å². The Balaban J connectivity index is 2.05. The zero-order chi connectivity index (χ0) is 18.2. The van der Waals surface area contributed by atoms with E-state index in [1.165, 1.54) is 11.8 Å². The number of hydrogen-bond acceptors (Lipinski definition) is 4. The number of amides is 1. The van der Waals surface area contributed by atoms with Crippen LogP contribution in [0.2, 0.25) is 0 Å². The largest absolute Gasteiger partial charge is 0.348 e. The maximum absolute atomic E-state index is 12.7. The van der Waals surface area contributed by atoms with Gasteiger partial charge >= 0.3 is 0 Å². The molecule has 0 aliphatic heterocycles. The number of benzene rings is 1. The number of carbonyl (C=O) groups excluding carboxylic acids is 1. The maximum atomic E-state index is 12.7. The molecule has 6 heteroatoms. The summed E-state index contributed by atoms with van der Waals surface area (Å²) in [4.78, 5) is 12.7. The average molecular weight is 359 g/mol. The number of allylic oxidation sites excluding steroid dienone is 1. The molecule has 0 saturated carbocycles. The third-order valence-electron chi connectivity index (χ3n) is 3.96. The van der Waals surface area contributed by atoms with Crippen LogP contribution in [-0.2, 0) is 11.3 Å². The van der Waals surface area contributed by atoms with Crippen LogP contribution in [0.15, 0.2) is 48.1 Å². The number of hydrogen-bond donors (Lipinski definition) is 1. The molecule has 1 amide bonds. The van der Waals surface area contributed by atoms with Crippen LogP contribution < -0.4 is 5.32 Å². The zero-order valence-corrected chi connectivity index (χ0v) is 15.9. The first-order chi connectivity index (χ1) is 12.1. The molecule has 1 aromatic carbocycles. The highest BCUT2D eigenvalue weighted by Crippen LogP contribution is 2.24. The Morgan fingerprint density at radius 3 is 2.72 bits per heavy atom. The first-order valence-corrected chi connectivity index (χ1v) is 9.47. The van der Waals surface area contributed by atoms with Crippen LogP contribution in [0.4, 0.5) is 0 Å². The fourth-order valence-electron chi connectivity index (χ4n) is 2.58. The second-order valence-corrected chi connectivity index (χ2v) is 7.26. The van der Waals surface area contributed by atoms with Crippen LogP contribution in [0.1, 0.15) is 44.1 Å². The van der Waals surface area contributed by atoms with Crippen molar-refractivity contribution < 1.29 is 4.79 Å². The lowest BCUT2D eigenvalue weighted by atomic mass is 10.0. The van der Waals surface area contributed by atoms with Crippen molar-refractivity contribution in [3.63, 3.8) is 0 Å². The number of nitrogens with zero attached hydrogens (tertiary/aromatic N) is 3. The van der Waals surface area contributed by atoms with E-state index >= 15 is 0 Å². The second kappa shape index (κ2) is 9.42. The smallest absolute Gasteiger partial charge is 0.233 e. The van der Waals surface area contributed by atoms with Gasteiger partial charge in [-0.3, -0.25) is 4.79 Å². The van der Waals surface area contributed by atoms with E-state index in [2.05, 4.69) is 41.1 Å². The van der Waals surface area contributed by atoms with Crippen LogP contribution >= 0.6 is 11.8 Å². The van der Waals surface area contributed by atoms with Crippen molar-refractivity contribution in [2.45, 2.75) is 56.6 Å². The average Bonchev–Trinajstić information content (AvgIpc) is 2.95. The summed E-state index contributed by atoms with van der Waals surface area (Å²) in [6, 6.07) is 10.1. The monoisotopic (exact) mass is 358 g/mol. The molecule has 2 rings (SSSR count). The number of aromatic nitrogens is 3. The molecule has 0 fully saturated rings. The number of aryl methyl sites for hydroxylation is 1. The predicted octanol–water partition coefficient (Wildman–Crippen LogP) is 3.91. The molecule has 25 heavy (non-hydrogen) atoms. The van der Waals surface area contributed by atoms with Crippen molar-refractivity contribution in [1.82, 2.24) is 20.1 Å². The fourth-order valence-corrected chi connectivity index (χ4v) is 3.50. The van der Waals surface area contributed by atoms with Gasteiger partial charge in [-0.25, -0.2) is 0 Å². The zero-order valence-electron chi connectivity index (χ0n) is 15.1. The van der Waals surface area contributed by atoms with Gasteiger partial charge in [0.2, 0.25) is 5.91 Å². The molecule has 0 unspecified atom stereocenters. The van der Waals surface area contributed by atoms with Crippen molar-refractivity contribution in [2.24, 2.45) is 0 Å². The molecule has 0 radical (unpaired) electrons. The van der Waals surface area contributed by atoms with E-state index in [1.807, 2.05) is 36.6 Å². The Hall–Kier alpha value is -2.08. The number of nitrogens with one attached hydrogen (secondary N) is 1. The van der Waals surface area contributed by atoms with Crippen LogP contribution in [0, 0.1) is 6.92 Å². The fraction of sp³-hybridized carbons (Fsp3) is 0.421. The number of carbonyl (C=O) groups is 1. The molecule has 134 valence electrons. The summed E-state index contributed by atoms with van der Waals surface area (Å²) in [6.45, 7) is 10.3. The first kappa shape index (κ1) is 19.2. The summed E-state index contributed by atoms with van der Waals surface area (Å²) in [6.07, 6.45) is 3.73. The van der Waals surface area contributed by atoms with E-state index in [0.29, 0.717) is 6.54 Å². The molecule has 2 atom stereocenters. The highest BCUT2D eigenvalue weighted by molar-refractivity contribution is 8.00. The standard InChI is InChI=1S/C19H26N4OS/c1-5-10-17(16-11-8-7-9-12-16)20-18(24)14(3)25-19-22-21-15(4)23(19)13-6-2/h6-9,11-12,14,17H,2,5,10,13H2,1,3-4H3,(H,20,24)/t14-,17-/m1/s1. The minimum absolute atomic E-state index is 0.0121. The van der Waals surface area contributed by atoms with E-state index in [4.69, 9.17) is 0 Å². The van der Waals surface area contributed by atoms with E-state index in [-0.39, 0.29) is 17.2 Å². The molecule has 0 aliphatic carbocycles. The van der Waals surface area contributed by atoms with Crippen LogP contribution in [0.3, 0.4) is 0 Å². The van der Waals surface area contributed by atoms with Gasteiger partial charge in [-0.05, 0) is 25.8 Å². The van der Waals surface area contributed by atoms with Crippen molar-refractivity contribution in [1.29, 1.82) is 0 Å². The molecule has 1 N–H and O–H groups in total. The van der Waals surface area contributed by atoms with Gasteiger partial charge in [-0.2, -0.15) is 0 Å². The third-order valence-corrected chi connectivity index (χ3v) is 5.04. The van der Waals surface area contributed by atoms with Crippen molar-refractivity contribution in [3.05, 3.63) is 54.4 Å². The highest BCUT2D eigenvalue weighted by Gasteiger charge is 2.22. The van der Waals surface area contributed by atoms with Gasteiger partial charge in [0, 0.05) is 6.54 Å². The predicted molar refractivity (Wildman–Crippen MR) is 103 cm³/mol. The van der Waals surface area contributed by atoms with E-state index in [1.54, 1.807) is 6.08 Å². The van der Waals surface area contributed by atoms with Gasteiger partial charge in [0.15, 0.2) is 5.16 Å². The van der Waals surface area contributed by atoms with E-state index < -0.39 is 0 Å². The first-order valence-electron chi connectivity index (χ1n) is 8.59.